The SMILES string of the molecule is [B]P(I)/C(CC(=O)N(CNCN1C(=O)CC(B(P)I)C1=O)CN1C(=O)CC(P([B])I)C1=O)=C(/O)Nc1ccc(Nc2ccccc2)cc1. The number of amides is 5. The lowest BCUT2D eigenvalue weighted by molar-refractivity contribution is -0.144. The van der Waals surface area contributed by atoms with Crippen molar-refractivity contribution in [2.45, 2.75) is 30.7 Å². The molecule has 0 bridgehead atoms. The Bertz CT molecular complexity index is 1560. The van der Waals surface area contributed by atoms with Gasteiger partial charge >= 0.3 is 0 Å². The Hall–Kier alpha value is -1.04. The number of likely N-dealkylation sites (tertiary alicyclic amines) is 2. The van der Waals surface area contributed by atoms with E-state index in [4.69, 9.17) is 15.1 Å². The molecule has 21 heteroatoms. The third-order valence-electron chi connectivity index (χ3n) is 7.48. The van der Waals surface area contributed by atoms with E-state index < -0.39 is 40.1 Å². The Balaban J connectivity index is 1.48. The van der Waals surface area contributed by atoms with Gasteiger partial charge in [0, 0.05) is 41.0 Å². The Morgan fingerprint density at radius 1 is 0.958 bits per heavy atom. The second-order valence-corrected chi connectivity index (χ2v) is 23.2. The highest BCUT2D eigenvalue weighted by Gasteiger charge is 2.43. The number of benzene rings is 2. The van der Waals surface area contributed by atoms with Crippen LogP contribution in [0.3, 0.4) is 0 Å². The van der Waals surface area contributed by atoms with Crippen LogP contribution in [-0.4, -0.2) is 94.4 Å². The van der Waals surface area contributed by atoms with Crippen LogP contribution in [0.1, 0.15) is 19.3 Å². The molecule has 48 heavy (non-hydrogen) atoms. The van der Waals surface area contributed by atoms with Gasteiger partial charge in [-0.25, -0.2) is 0 Å². The summed E-state index contributed by atoms with van der Waals surface area (Å²) in [5, 5.41) is 20.4. The van der Waals surface area contributed by atoms with Crippen LogP contribution in [0.25, 0.3) is 0 Å². The molecule has 2 aliphatic heterocycles. The lowest BCUT2D eigenvalue weighted by Gasteiger charge is -2.29. The van der Waals surface area contributed by atoms with Crippen LogP contribution in [0.2, 0.25) is 5.82 Å². The smallest absolute Gasteiger partial charge is 0.252 e. The standard InChI is InChI=1S/C27H29B3I3N6O6P3/c28-47(32)20(25(43)36-18-8-6-17(7-9-18)35-16-4-2-1-3-5-16)11-22(40)37(15-39-24(42)12-21(27(39)45)48(29)33)13-34-14-38-23(41)10-19(26(38)44)30(31)46/h1-9,19,21,34-36,43H,10-15,46H2/b25-20+. The molecule has 0 saturated carbocycles. The first kappa shape index (κ1) is 39.7. The van der Waals surface area contributed by atoms with Gasteiger partial charge in [-0.15, -0.1) is 22.4 Å². The Morgan fingerprint density at radius 3 is 2.12 bits per heavy atom. The number of nitrogens with one attached hydrogen (secondary N) is 3. The third kappa shape index (κ3) is 10.5. The van der Waals surface area contributed by atoms with Crippen LogP contribution in [-0.2, 0) is 24.0 Å². The van der Waals surface area contributed by atoms with Crippen molar-refractivity contribution in [3.05, 3.63) is 65.8 Å². The number of halogens is 3. The van der Waals surface area contributed by atoms with Crippen LogP contribution >= 0.6 is 86.5 Å². The zero-order valence-electron chi connectivity index (χ0n) is 25.3. The minimum absolute atomic E-state index is 0.0541. The van der Waals surface area contributed by atoms with Crippen molar-refractivity contribution >= 4 is 152 Å². The number of imide groups is 2. The second kappa shape index (κ2) is 18.5. The van der Waals surface area contributed by atoms with Crippen molar-refractivity contribution in [3.63, 3.8) is 0 Å². The maximum atomic E-state index is 13.8. The molecule has 2 aromatic carbocycles. The molecule has 5 unspecified atom stereocenters. The van der Waals surface area contributed by atoms with Gasteiger partial charge in [0.15, 0.2) is 5.88 Å². The fraction of sp³-hybridized carbons (Fsp3) is 0.296. The zero-order valence-corrected chi connectivity index (χ0v) is 34.7. The van der Waals surface area contributed by atoms with Crippen molar-refractivity contribution in [2.24, 2.45) is 0 Å². The number of anilines is 3. The number of aliphatic hydroxyl groups excluding tert-OH is 1. The van der Waals surface area contributed by atoms with E-state index in [0.29, 0.717) is 5.69 Å². The highest BCUT2D eigenvalue weighted by atomic mass is 127. The second-order valence-electron chi connectivity index (χ2n) is 10.8. The molecule has 248 valence electrons. The maximum Gasteiger partial charge on any atom is 0.252 e. The van der Waals surface area contributed by atoms with E-state index in [1.165, 1.54) is 4.90 Å². The van der Waals surface area contributed by atoms with E-state index in [9.17, 15) is 29.1 Å². The molecule has 12 nitrogen and oxygen atoms in total. The van der Waals surface area contributed by atoms with Gasteiger partial charge in [-0.05, 0) is 36.4 Å². The normalized spacial score (nSPS) is 19.7. The predicted octanol–water partition coefficient (Wildman–Crippen LogP) is 5.14. The molecule has 4 radical (unpaired) electrons. The number of nitrogens with zero attached hydrogens (tertiary/aromatic N) is 3. The summed E-state index contributed by atoms with van der Waals surface area (Å²) in [5.41, 5.74) is -1.11. The van der Waals surface area contributed by atoms with Gasteiger partial charge in [-0.3, -0.25) is 39.1 Å². The highest BCUT2D eigenvalue weighted by molar-refractivity contribution is 14.2. The molecule has 0 aromatic heterocycles. The van der Waals surface area contributed by atoms with Gasteiger partial charge in [-0.2, -0.15) is 9.12 Å². The molecule has 5 atom stereocenters. The summed E-state index contributed by atoms with van der Waals surface area (Å²) in [6, 6.07) is 16.8. The summed E-state index contributed by atoms with van der Waals surface area (Å²) in [4.78, 5) is 68.2. The van der Waals surface area contributed by atoms with Crippen LogP contribution in [0.15, 0.2) is 65.8 Å². The molecule has 2 aromatic rings. The molecule has 2 fully saturated rings. The van der Waals surface area contributed by atoms with Crippen molar-refractivity contribution in [2.75, 3.05) is 30.6 Å². The lowest BCUT2D eigenvalue weighted by Crippen LogP contribution is -2.50. The number of hydrogen-bond donors (Lipinski definition) is 4. The van der Waals surface area contributed by atoms with Gasteiger partial charge in [0.05, 0.1) is 25.4 Å². The molecule has 2 saturated heterocycles. The summed E-state index contributed by atoms with van der Waals surface area (Å²) in [6.07, 6.45) is -0.303. The molecule has 2 heterocycles. The highest BCUT2D eigenvalue weighted by Crippen LogP contribution is 2.51. The van der Waals surface area contributed by atoms with Crippen molar-refractivity contribution in [3.8, 4) is 0 Å². The van der Waals surface area contributed by atoms with E-state index in [2.05, 4.69) is 47.4 Å². The maximum absolute atomic E-state index is 13.8. The minimum atomic E-state index is -1.49. The van der Waals surface area contributed by atoms with Crippen LogP contribution < -0.4 is 16.0 Å². The molecular formula is C27H29B3I3N6O6P3. The number of carbonyl (C=O) groups is 5. The van der Waals surface area contributed by atoms with E-state index in [1.54, 1.807) is 12.1 Å². The van der Waals surface area contributed by atoms with Gasteiger partial charge in [0.1, 0.15) is 21.8 Å². The molecule has 4 rings (SSSR count). The van der Waals surface area contributed by atoms with Crippen molar-refractivity contribution in [1.29, 1.82) is 0 Å². The molecule has 5 amide bonds. The van der Waals surface area contributed by atoms with Crippen LogP contribution in [0.4, 0.5) is 17.1 Å². The van der Waals surface area contributed by atoms with Crippen molar-refractivity contribution < 1.29 is 29.1 Å². The van der Waals surface area contributed by atoms with E-state index in [1.807, 2.05) is 86.5 Å². The van der Waals surface area contributed by atoms with Crippen LogP contribution in [0.5, 0.6) is 0 Å². The first-order valence-electron chi connectivity index (χ1n) is 14.3. The molecule has 4 N–H and O–H groups in total. The minimum Gasteiger partial charge on any atom is -0.494 e. The number of aliphatic hydroxyl groups is 1. The van der Waals surface area contributed by atoms with Crippen molar-refractivity contribution in [1.82, 2.24) is 20.0 Å². The number of para-hydroxylation sites is 1. The average molecular weight is 1040 g/mol. The van der Waals surface area contributed by atoms with E-state index in [-0.39, 0.29) is 66.6 Å². The number of carbonyl (C=O) groups excluding carboxylic acids is 5. The average Bonchev–Trinajstić information content (AvgIpc) is 3.49. The largest absolute Gasteiger partial charge is 0.494 e. The molecule has 0 spiro atoms. The van der Waals surface area contributed by atoms with E-state index in [0.717, 1.165) is 21.2 Å². The topological polar surface area (TPSA) is 151 Å². The molecule has 2 aliphatic rings. The first-order chi connectivity index (χ1) is 22.8. The monoisotopic (exact) mass is 1040 g/mol. The quantitative estimate of drug-likeness (QED) is 0.0476. The Kier molecular flexibility index (Phi) is 15.3. The van der Waals surface area contributed by atoms with Gasteiger partial charge in [0.25, 0.3) is 4.29 Å². The first-order valence-corrected chi connectivity index (χ1v) is 24.7. The Morgan fingerprint density at radius 2 is 1.56 bits per heavy atom. The summed E-state index contributed by atoms with van der Waals surface area (Å²) in [5.74, 6) is -2.90. The fourth-order valence-electron chi connectivity index (χ4n) is 4.86. The molecule has 0 aliphatic carbocycles. The summed E-state index contributed by atoms with van der Waals surface area (Å²) in [7, 11) is 14.7. The number of rotatable bonds is 15. The lowest BCUT2D eigenvalue weighted by atomic mass is 9.84. The fourth-order valence-corrected chi connectivity index (χ4v) is 9.46. The van der Waals surface area contributed by atoms with Gasteiger partial charge in [-0.1, -0.05) is 73.2 Å². The van der Waals surface area contributed by atoms with Crippen LogP contribution in [0, 0.1) is 0 Å². The molecular weight excluding hydrogens is 1010 g/mol. The predicted molar refractivity (Wildman–Crippen MR) is 222 cm³/mol. The summed E-state index contributed by atoms with van der Waals surface area (Å²) < 4.78 is -0.122. The zero-order chi connectivity index (χ0) is 35.1. The van der Waals surface area contributed by atoms with Gasteiger partial charge < -0.3 is 20.6 Å². The number of hydrogen-bond acceptors (Lipinski definition) is 9. The van der Waals surface area contributed by atoms with E-state index >= 15 is 0 Å². The summed E-state index contributed by atoms with van der Waals surface area (Å²) >= 11 is 5.97. The summed E-state index contributed by atoms with van der Waals surface area (Å²) in [6.45, 7) is -0.759. The van der Waals surface area contributed by atoms with Gasteiger partial charge in [0.2, 0.25) is 29.5 Å². The Labute approximate surface area is 325 Å². The third-order valence-corrected chi connectivity index (χ3v) is 14.5.